The summed E-state index contributed by atoms with van der Waals surface area (Å²) in [5.41, 5.74) is 4.41. The van der Waals surface area contributed by atoms with Gasteiger partial charge in [0, 0.05) is 12.1 Å². The van der Waals surface area contributed by atoms with Crippen LogP contribution in [-0.4, -0.2) is 11.5 Å². The lowest BCUT2D eigenvalue weighted by Crippen LogP contribution is -2.21. The molecule has 29 heavy (non-hydrogen) atoms. The highest BCUT2D eigenvalue weighted by atomic mass is 19.4. The Balaban J connectivity index is 2.36. The van der Waals surface area contributed by atoms with Crippen molar-refractivity contribution < 1.29 is 35.5 Å². The highest BCUT2D eigenvalue weighted by molar-refractivity contribution is 6.45. The van der Waals surface area contributed by atoms with Crippen LogP contribution in [0, 0.1) is 40.0 Å². The summed E-state index contributed by atoms with van der Waals surface area (Å²) in [6, 6.07) is 2.35. The van der Waals surface area contributed by atoms with E-state index in [9.17, 15) is 30.7 Å². The van der Waals surface area contributed by atoms with Crippen LogP contribution in [-0.2, 0) is 6.18 Å². The van der Waals surface area contributed by atoms with E-state index in [1.165, 1.54) is 6.07 Å². The minimum atomic E-state index is -5.05. The number of nitrogens with two attached hydrogens (primary N) is 1. The second-order valence-corrected chi connectivity index (χ2v) is 5.24. The molecule has 0 aliphatic heterocycles. The third kappa shape index (κ3) is 4.92. The van der Waals surface area contributed by atoms with Crippen molar-refractivity contribution in [1.29, 1.82) is 10.7 Å². The molecule has 2 aromatic rings. The number of anilines is 1. The summed E-state index contributed by atoms with van der Waals surface area (Å²) in [6.07, 6.45) is -5.05. The van der Waals surface area contributed by atoms with E-state index in [0.717, 1.165) is 0 Å². The molecule has 0 saturated heterocycles. The molecule has 0 saturated carbocycles. The second-order valence-electron chi connectivity index (χ2n) is 5.24. The average Bonchev–Trinajstić information content (AvgIpc) is 2.59. The lowest BCUT2D eigenvalue weighted by Gasteiger charge is -2.13. The lowest BCUT2D eigenvalue weighted by molar-refractivity contribution is -0.138. The molecule has 0 fully saturated rings. The number of nitrogens with zero attached hydrogens (tertiary/aromatic N) is 2. The predicted molar refractivity (Wildman–Crippen MR) is 86.4 cm³/mol. The molecular formula is C16H8F7N5O. The number of hydrogen-bond acceptors (Lipinski definition) is 5. The van der Waals surface area contributed by atoms with Gasteiger partial charge in [0.2, 0.25) is 5.71 Å². The van der Waals surface area contributed by atoms with Crippen LogP contribution in [0.2, 0.25) is 0 Å². The molecule has 0 aliphatic rings. The lowest BCUT2D eigenvalue weighted by atomic mass is 10.2. The van der Waals surface area contributed by atoms with Gasteiger partial charge in [-0.3, -0.25) is 10.8 Å². The van der Waals surface area contributed by atoms with Gasteiger partial charge in [0.25, 0.3) is 0 Å². The number of hydrazone groups is 1. The normalized spacial score (nSPS) is 11.7. The second kappa shape index (κ2) is 8.05. The van der Waals surface area contributed by atoms with E-state index in [1.54, 1.807) is 0 Å². The minimum Gasteiger partial charge on any atom is -0.445 e. The molecule has 152 valence electrons. The molecule has 4 N–H and O–H groups in total. The maximum Gasteiger partial charge on any atom is 0.416 e. The number of rotatable bonds is 5. The molecule has 0 bridgehead atoms. The molecule has 0 amide bonds. The van der Waals surface area contributed by atoms with Gasteiger partial charge in [-0.05, 0) is 12.1 Å². The zero-order chi connectivity index (χ0) is 21.9. The maximum absolute atomic E-state index is 14.1. The summed E-state index contributed by atoms with van der Waals surface area (Å²) in [5, 5.41) is 19.0. The van der Waals surface area contributed by atoms with Gasteiger partial charge in [-0.1, -0.05) is 0 Å². The molecule has 0 atom stereocenters. The number of benzene rings is 2. The highest BCUT2D eigenvalue weighted by Crippen LogP contribution is 2.37. The van der Waals surface area contributed by atoms with Crippen molar-refractivity contribution in [3.8, 4) is 17.6 Å². The Labute approximate surface area is 157 Å². The number of ether oxygens (including phenoxy) is 1. The van der Waals surface area contributed by atoms with Crippen LogP contribution in [0.1, 0.15) is 5.56 Å². The van der Waals surface area contributed by atoms with E-state index in [4.69, 9.17) is 16.4 Å². The van der Waals surface area contributed by atoms with Crippen LogP contribution in [0.25, 0.3) is 0 Å². The fourth-order valence-corrected chi connectivity index (χ4v) is 1.91. The fourth-order valence-electron chi connectivity index (χ4n) is 1.91. The standard InChI is InChI=1S/C16H8F7N5O/c17-8-1-6(16(21,22)23)2-9(18)13(8)29-14-10(19)3-7(4-11(14)20)27-28-12(5-24)15(25)26/h1-4,27H,(H3,25,26)/b28-12+. The first kappa shape index (κ1) is 21.5. The summed E-state index contributed by atoms with van der Waals surface area (Å²) >= 11 is 0. The van der Waals surface area contributed by atoms with Crippen LogP contribution in [0.15, 0.2) is 29.4 Å². The molecular weight excluding hydrogens is 411 g/mol. The number of alkyl halides is 3. The summed E-state index contributed by atoms with van der Waals surface area (Å²) < 4.78 is 97.8. The van der Waals surface area contributed by atoms with E-state index < -0.39 is 63.7 Å². The van der Waals surface area contributed by atoms with Crippen molar-refractivity contribution in [2.45, 2.75) is 6.18 Å². The summed E-state index contributed by atoms with van der Waals surface area (Å²) in [4.78, 5) is 0. The van der Waals surface area contributed by atoms with E-state index in [-0.39, 0.29) is 12.1 Å². The molecule has 0 unspecified atom stereocenters. The predicted octanol–water partition coefficient (Wildman–Crippen LogP) is 4.28. The van der Waals surface area contributed by atoms with Crippen molar-refractivity contribution in [3.63, 3.8) is 0 Å². The summed E-state index contributed by atoms with van der Waals surface area (Å²) in [6.45, 7) is 0. The van der Waals surface area contributed by atoms with E-state index in [1.807, 2.05) is 5.43 Å². The van der Waals surface area contributed by atoms with Crippen LogP contribution in [0.5, 0.6) is 11.5 Å². The van der Waals surface area contributed by atoms with Gasteiger partial charge < -0.3 is 10.5 Å². The zero-order valence-electron chi connectivity index (χ0n) is 13.8. The van der Waals surface area contributed by atoms with E-state index >= 15 is 0 Å². The molecule has 6 nitrogen and oxygen atoms in total. The van der Waals surface area contributed by atoms with Crippen LogP contribution >= 0.6 is 0 Å². The largest absolute Gasteiger partial charge is 0.445 e. The monoisotopic (exact) mass is 419 g/mol. The third-order valence-corrected chi connectivity index (χ3v) is 3.19. The maximum atomic E-state index is 14.1. The van der Waals surface area contributed by atoms with Crippen molar-refractivity contribution in [1.82, 2.24) is 0 Å². The molecule has 0 spiro atoms. The first-order valence-electron chi connectivity index (χ1n) is 7.25. The molecule has 0 aromatic heterocycles. The van der Waals surface area contributed by atoms with Gasteiger partial charge in [-0.15, -0.1) is 0 Å². The van der Waals surface area contributed by atoms with Gasteiger partial charge >= 0.3 is 6.18 Å². The summed E-state index contributed by atoms with van der Waals surface area (Å²) in [5.74, 6) is -10.1. The molecule has 0 aliphatic carbocycles. The number of hydrogen-bond donors (Lipinski definition) is 3. The van der Waals surface area contributed by atoms with E-state index in [0.29, 0.717) is 12.1 Å². The fraction of sp³-hybridized carbons (Fsp3) is 0.0625. The van der Waals surface area contributed by atoms with E-state index in [2.05, 4.69) is 9.84 Å². The average molecular weight is 419 g/mol. The number of halogens is 7. The van der Waals surface area contributed by atoms with Gasteiger partial charge in [-0.25, -0.2) is 17.6 Å². The molecule has 2 aromatic carbocycles. The first-order chi connectivity index (χ1) is 13.4. The van der Waals surface area contributed by atoms with Gasteiger partial charge in [0.1, 0.15) is 6.07 Å². The Hall–Kier alpha value is -3.82. The Bertz CT molecular complexity index is 997. The van der Waals surface area contributed by atoms with Gasteiger partial charge in [-0.2, -0.15) is 23.5 Å². The Morgan fingerprint density at radius 1 is 1.00 bits per heavy atom. The smallest absolute Gasteiger partial charge is 0.416 e. The first-order valence-corrected chi connectivity index (χ1v) is 7.25. The zero-order valence-corrected chi connectivity index (χ0v) is 13.8. The molecule has 0 heterocycles. The van der Waals surface area contributed by atoms with Crippen molar-refractivity contribution in [2.24, 2.45) is 10.8 Å². The van der Waals surface area contributed by atoms with Crippen LogP contribution in [0.4, 0.5) is 36.4 Å². The van der Waals surface area contributed by atoms with Crippen molar-refractivity contribution in [2.75, 3.05) is 5.43 Å². The van der Waals surface area contributed by atoms with Gasteiger partial charge in [0.15, 0.2) is 40.6 Å². The highest BCUT2D eigenvalue weighted by Gasteiger charge is 2.33. The third-order valence-electron chi connectivity index (χ3n) is 3.19. The Morgan fingerprint density at radius 2 is 1.45 bits per heavy atom. The molecule has 2 rings (SSSR count). The summed E-state index contributed by atoms with van der Waals surface area (Å²) in [7, 11) is 0. The van der Waals surface area contributed by atoms with Crippen molar-refractivity contribution >= 4 is 17.2 Å². The quantitative estimate of drug-likeness (QED) is 0.291. The SMILES string of the molecule is N#C/C(=N\Nc1cc(F)c(Oc2c(F)cc(C(F)(F)F)cc2F)c(F)c1)C(=N)N. The minimum absolute atomic E-state index is 0.0932. The number of nitrogens with one attached hydrogen (secondary N) is 2. The van der Waals surface area contributed by atoms with Crippen LogP contribution in [0.3, 0.4) is 0 Å². The van der Waals surface area contributed by atoms with Crippen LogP contribution < -0.4 is 15.9 Å². The number of nitriles is 1. The number of amidine groups is 1. The Morgan fingerprint density at radius 3 is 1.83 bits per heavy atom. The molecule has 0 radical (unpaired) electrons. The molecule has 13 heteroatoms. The van der Waals surface area contributed by atoms with Gasteiger partial charge in [0.05, 0.1) is 11.3 Å². The topological polar surface area (TPSA) is 107 Å². The Kier molecular flexibility index (Phi) is 5.96. The van der Waals surface area contributed by atoms with Crippen molar-refractivity contribution in [3.05, 3.63) is 53.1 Å².